The van der Waals surface area contributed by atoms with Crippen molar-refractivity contribution in [2.75, 3.05) is 13.1 Å². The molecular formula is C28H25N5O2S. The van der Waals surface area contributed by atoms with Gasteiger partial charge < -0.3 is 4.90 Å². The van der Waals surface area contributed by atoms with Crippen molar-refractivity contribution in [3.8, 4) is 5.69 Å². The fourth-order valence-electron chi connectivity index (χ4n) is 4.88. The summed E-state index contributed by atoms with van der Waals surface area (Å²) in [5.41, 5.74) is 3.21. The normalized spacial score (nSPS) is 14.5. The number of thioether (sulfide) groups is 1. The first kappa shape index (κ1) is 22.5. The summed E-state index contributed by atoms with van der Waals surface area (Å²) in [6.45, 7) is 3.53. The minimum atomic E-state index is -0.464. The van der Waals surface area contributed by atoms with Crippen LogP contribution in [0.15, 0.2) is 88.8 Å². The average molecular weight is 496 g/mol. The molecule has 1 aliphatic heterocycles. The van der Waals surface area contributed by atoms with Gasteiger partial charge in [0.15, 0.2) is 5.16 Å². The highest BCUT2D eigenvalue weighted by Crippen LogP contribution is 2.37. The highest BCUT2D eigenvalue weighted by atomic mass is 32.2. The number of aromatic nitrogens is 4. The van der Waals surface area contributed by atoms with Gasteiger partial charge in [0.25, 0.3) is 5.56 Å². The topological polar surface area (TPSA) is 72.5 Å². The number of para-hydroxylation sites is 2. The van der Waals surface area contributed by atoms with Crippen LogP contribution in [0, 0.1) is 6.92 Å². The van der Waals surface area contributed by atoms with Gasteiger partial charge in [0, 0.05) is 13.1 Å². The van der Waals surface area contributed by atoms with Crippen LogP contribution in [0.1, 0.15) is 29.2 Å². The Balaban J connectivity index is 1.56. The SMILES string of the molecule is Cc1ccccc1-n1c(=O)c2ccccc2n2c(SC(C(=O)N3CCCC3)c3ccccc3)nnc12. The Bertz CT molecular complexity index is 1640. The lowest BCUT2D eigenvalue weighted by molar-refractivity contribution is -0.129. The molecule has 8 heteroatoms. The monoisotopic (exact) mass is 495 g/mol. The molecule has 0 bridgehead atoms. The molecule has 36 heavy (non-hydrogen) atoms. The van der Waals surface area contributed by atoms with Crippen LogP contribution < -0.4 is 5.56 Å². The molecular weight excluding hydrogens is 470 g/mol. The maximum absolute atomic E-state index is 13.7. The average Bonchev–Trinajstić information content (AvgIpc) is 3.60. The standard InChI is InChI=1S/C28H25N5O2S/c1-19-11-5-7-15-22(19)32-25(34)21-14-6-8-16-23(21)33-27(32)29-30-28(33)36-24(20-12-3-2-4-13-20)26(35)31-17-9-10-18-31/h2-8,11-16,24H,9-10,17-18H2,1H3. The number of aryl methyl sites for hydroxylation is 1. The number of carbonyl (C=O) groups excluding carboxylic acids is 1. The molecule has 0 spiro atoms. The summed E-state index contributed by atoms with van der Waals surface area (Å²) in [6.07, 6.45) is 2.05. The zero-order chi connectivity index (χ0) is 24.6. The van der Waals surface area contributed by atoms with Gasteiger partial charge in [0.2, 0.25) is 11.7 Å². The number of nitrogens with zero attached hydrogens (tertiary/aromatic N) is 5. The summed E-state index contributed by atoms with van der Waals surface area (Å²) < 4.78 is 3.52. The van der Waals surface area contributed by atoms with Crippen molar-refractivity contribution >= 4 is 34.3 Å². The van der Waals surface area contributed by atoms with Gasteiger partial charge >= 0.3 is 0 Å². The van der Waals surface area contributed by atoms with E-state index in [1.165, 1.54) is 11.8 Å². The molecule has 1 unspecified atom stereocenters. The Labute approximate surface area is 212 Å². The van der Waals surface area contributed by atoms with Crippen LogP contribution in [0.5, 0.6) is 0 Å². The zero-order valence-corrected chi connectivity index (χ0v) is 20.7. The van der Waals surface area contributed by atoms with Gasteiger partial charge in [0.05, 0.1) is 16.6 Å². The number of carbonyl (C=O) groups is 1. The molecule has 0 saturated carbocycles. The Morgan fingerprint density at radius 1 is 0.889 bits per heavy atom. The molecule has 2 aromatic heterocycles. The van der Waals surface area contributed by atoms with Gasteiger partial charge in [0.1, 0.15) is 5.25 Å². The predicted molar refractivity (Wildman–Crippen MR) is 142 cm³/mol. The maximum Gasteiger partial charge on any atom is 0.267 e. The number of amides is 1. The van der Waals surface area contributed by atoms with E-state index in [4.69, 9.17) is 0 Å². The van der Waals surface area contributed by atoms with Crippen molar-refractivity contribution in [1.82, 2.24) is 24.1 Å². The molecule has 0 N–H and O–H groups in total. The third kappa shape index (κ3) is 3.78. The Hall–Kier alpha value is -3.91. The summed E-state index contributed by atoms with van der Waals surface area (Å²) in [4.78, 5) is 29.2. The second-order valence-electron chi connectivity index (χ2n) is 9.00. The lowest BCUT2D eigenvalue weighted by Crippen LogP contribution is -2.31. The van der Waals surface area contributed by atoms with E-state index < -0.39 is 5.25 Å². The largest absolute Gasteiger partial charge is 0.341 e. The highest BCUT2D eigenvalue weighted by Gasteiger charge is 2.31. The molecule has 3 heterocycles. The van der Waals surface area contributed by atoms with E-state index in [-0.39, 0.29) is 11.5 Å². The second-order valence-corrected chi connectivity index (χ2v) is 10.1. The minimum Gasteiger partial charge on any atom is -0.341 e. The van der Waals surface area contributed by atoms with Crippen LogP contribution in [0.25, 0.3) is 22.4 Å². The van der Waals surface area contributed by atoms with E-state index in [9.17, 15) is 9.59 Å². The van der Waals surface area contributed by atoms with E-state index >= 15 is 0 Å². The van der Waals surface area contributed by atoms with Crippen molar-refractivity contribution in [3.63, 3.8) is 0 Å². The molecule has 0 aliphatic carbocycles. The molecule has 6 rings (SSSR count). The van der Waals surface area contributed by atoms with Crippen molar-refractivity contribution in [1.29, 1.82) is 0 Å². The lowest BCUT2D eigenvalue weighted by atomic mass is 10.1. The summed E-state index contributed by atoms with van der Waals surface area (Å²) in [5.74, 6) is 0.507. The number of hydrogen-bond donors (Lipinski definition) is 0. The zero-order valence-electron chi connectivity index (χ0n) is 19.9. The van der Waals surface area contributed by atoms with Gasteiger partial charge in [-0.3, -0.25) is 14.0 Å². The molecule has 180 valence electrons. The van der Waals surface area contributed by atoms with Crippen molar-refractivity contribution in [2.45, 2.75) is 30.2 Å². The van der Waals surface area contributed by atoms with E-state index in [0.717, 1.165) is 48.3 Å². The Morgan fingerprint density at radius 3 is 2.36 bits per heavy atom. The van der Waals surface area contributed by atoms with Gasteiger partial charge in [-0.2, -0.15) is 0 Å². The predicted octanol–water partition coefficient (Wildman–Crippen LogP) is 4.80. The van der Waals surface area contributed by atoms with Crippen molar-refractivity contribution in [2.24, 2.45) is 0 Å². The molecule has 1 fully saturated rings. The van der Waals surface area contributed by atoms with E-state index in [1.54, 1.807) is 4.57 Å². The van der Waals surface area contributed by atoms with E-state index in [1.807, 2.05) is 95.1 Å². The molecule has 0 radical (unpaired) electrons. The number of benzene rings is 3. The molecule has 3 aromatic carbocycles. The summed E-state index contributed by atoms with van der Waals surface area (Å²) in [7, 11) is 0. The van der Waals surface area contributed by atoms with Gasteiger partial charge in [-0.05, 0) is 49.1 Å². The number of fused-ring (bicyclic) bond motifs is 3. The first-order valence-electron chi connectivity index (χ1n) is 12.1. The number of rotatable bonds is 5. The minimum absolute atomic E-state index is 0.0805. The van der Waals surface area contributed by atoms with E-state index in [0.29, 0.717) is 16.3 Å². The summed E-state index contributed by atoms with van der Waals surface area (Å²) in [6, 6.07) is 25.0. The van der Waals surface area contributed by atoms with Crippen LogP contribution in [-0.2, 0) is 4.79 Å². The van der Waals surface area contributed by atoms with Crippen LogP contribution in [0.2, 0.25) is 0 Å². The summed E-state index contributed by atoms with van der Waals surface area (Å²) in [5, 5.41) is 9.68. The van der Waals surface area contributed by atoms with Crippen LogP contribution in [0.3, 0.4) is 0 Å². The quantitative estimate of drug-likeness (QED) is 0.328. The van der Waals surface area contributed by atoms with Crippen LogP contribution >= 0.6 is 11.8 Å². The first-order valence-corrected chi connectivity index (χ1v) is 13.0. The number of hydrogen-bond acceptors (Lipinski definition) is 5. The smallest absolute Gasteiger partial charge is 0.267 e. The Morgan fingerprint density at radius 2 is 1.58 bits per heavy atom. The lowest BCUT2D eigenvalue weighted by Gasteiger charge is -2.22. The third-order valence-electron chi connectivity index (χ3n) is 6.72. The van der Waals surface area contributed by atoms with Gasteiger partial charge in [-0.15, -0.1) is 10.2 Å². The molecule has 1 amide bonds. The Kier molecular flexibility index (Phi) is 5.81. The fraction of sp³-hybridized carbons (Fsp3) is 0.214. The maximum atomic E-state index is 13.7. The van der Waals surface area contributed by atoms with E-state index in [2.05, 4.69) is 10.2 Å². The highest BCUT2D eigenvalue weighted by molar-refractivity contribution is 8.00. The van der Waals surface area contributed by atoms with Crippen molar-refractivity contribution < 1.29 is 4.79 Å². The molecule has 5 aromatic rings. The van der Waals surface area contributed by atoms with Gasteiger partial charge in [-0.1, -0.05) is 72.4 Å². The van der Waals surface area contributed by atoms with Crippen LogP contribution in [-0.4, -0.2) is 43.1 Å². The third-order valence-corrected chi connectivity index (χ3v) is 7.90. The molecule has 1 saturated heterocycles. The molecule has 1 aliphatic rings. The molecule has 7 nitrogen and oxygen atoms in total. The molecule has 1 atom stereocenters. The van der Waals surface area contributed by atoms with Crippen molar-refractivity contribution in [3.05, 3.63) is 100 Å². The first-order chi connectivity index (χ1) is 17.6. The van der Waals surface area contributed by atoms with Crippen LogP contribution in [0.4, 0.5) is 0 Å². The fourth-order valence-corrected chi connectivity index (χ4v) is 6.01. The summed E-state index contributed by atoms with van der Waals surface area (Å²) >= 11 is 1.38. The van der Waals surface area contributed by atoms with Gasteiger partial charge in [-0.25, -0.2) is 4.57 Å². The number of likely N-dealkylation sites (tertiary alicyclic amines) is 1. The second kappa shape index (κ2) is 9.28.